The van der Waals surface area contributed by atoms with Crippen molar-refractivity contribution in [1.82, 2.24) is 0 Å². The van der Waals surface area contributed by atoms with Gasteiger partial charge in [0.1, 0.15) is 17.0 Å². The SMILES string of the molecule is CC1(C)CN(c2ccccc2[N+](=O)[O-])c2ccccc2O1. The number of hydrogen-bond donors (Lipinski definition) is 0. The van der Waals surface area contributed by atoms with Crippen LogP contribution in [0, 0.1) is 10.1 Å². The highest BCUT2D eigenvalue weighted by atomic mass is 16.6. The van der Waals surface area contributed by atoms with Crippen molar-refractivity contribution in [2.24, 2.45) is 0 Å². The fourth-order valence-electron chi connectivity index (χ4n) is 2.62. The summed E-state index contributed by atoms with van der Waals surface area (Å²) in [5.41, 5.74) is 1.13. The van der Waals surface area contributed by atoms with Gasteiger partial charge in [-0.2, -0.15) is 0 Å². The van der Waals surface area contributed by atoms with Crippen LogP contribution in [0.5, 0.6) is 5.75 Å². The Balaban J connectivity index is 2.17. The lowest BCUT2D eigenvalue weighted by atomic mass is 10.0. The molecule has 0 atom stereocenters. The molecule has 0 unspecified atom stereocenters. The Bertz CT molecular complexity index is 697. The average Bonchev–Trinajstić information content (AvgIpc) is 2.45. The minimum atomic E-state index is -0.419. The molecular weight excluding hydrogens is 268 g/mol. The van der Waals surface area contributed by atoms with Gasteiger partial charge in [-0.25, -0.2) is 0 Å². The summed E-state index contributed by atoms with van der Waals surface area (Å²) in [6, 6.07) is 14.4. The molecule has 0 amide bonds. The third-order valence-corrected chi connectivity index (χ3v) is 3.45. The molecule has 1 aliphatic rings. The lowest BCUT2D eigenvalue weighted by molar-refractivity contribution is -0.384. The number of ether oxygens (including phenoxy) is 1. The minimum Gasteiger partial charge on any atom is -0.484 e. The molecule has 21 heavy (non-hydrogen) atoms. The van der Waals surface area contributed by atoms with Gasteiger partial charge in [-0.3, -0.25) is 10.1 Å². The topological polar surface area (TPSA) is 55.6 Å². The summed E-state index contributed by atoms with van der Waals surface area (Å²) >= 11 is 0. The van der Waals surface area contributed by atoms with Gasteiger partial charge in [0.05, 0.1) is 17.2 Å². The van der Waals surface area contributed by atoms with Crippen molar-refractivity contribution < 1.29 is 9.66 Å². The second-order valence-corrected chi connectivity index (χ2v) is 5.66. The summed E-state index contributed by atoms with van der Waals surface area (Å²) in [5, 5.41) is 11.3. The summed E-state index contributed by atoms with van der Waals surface area (Å²) in [7, 11) is 0. The van der Waals surface area contributed by atoms with E-state index in [2.05, 4.69) is 0 Å². The second kappa shape index (κ2) is 4.77. The first-order valence-corrected chi connectivity index (χ1v) is 6.77. The van der Waals surface area contributed by atoms with E-state index in [1.165, 1.54) is 6.07 Å². The van der Waals surface area contributed by atoms with Crippen LogP contribution in [-0.2, 0) is 0 Å². The van der Waals surface area contributed by atoms with Gasteiger partial charge >= 0.3 is 0 Å². The molecule has 3 rings (SSSR count). The van der Waals surface area contributed by atoms with Crippen LogP contribution < -0.4 is 9.64 Å². The lowest BCUT2D eigenvalue weighted by Gasteiger charge is -2.40. The number of rotatable bonds is 2. The van der Waals surface area contributed by atoms with E-state index in [4.69, 9.17) is 4.74 Å². The van der Waals surface area contributed by atoms with Gasteiger partial charge in [-0.05, 0) is 32.0 Å². The molecule has 2 aromatic carbocycles. The van der Waals surface area contributed by atoms with E-state index in [1.54, 1.807) is 12.1 Å². The Hall–Kier alpha value is -2.56. The fraction of sp³-hybridized carbons (Fsp3) is 0.250. The number of nitro groups is 1. The van der Waals surface area contributed by atoms with Gasteiger partial charge in [0.25, 0.3) is 5.69 Å². The zero-order valence-corrected chi connectivity index (χ0v) is 11.9. The standard InChI is InChI=1S/C16H16N2O3/c1-16(2)11-17(14-9-5-6-10-15(14)21-16)12-7-3-4-8-13(12)18(19)20/h3-10H,11H2,1-2H3. The van der Waals surface area contributed by atoms with Gasteiger partial charge in [0.15, 0.2) is 0 Å². The molecule has 0 aliphatic carbocycles. The molecule has 0 spiro atoms. The Morgan fingerprint density at radius 1 is 1.10 bits per heavy atom. The highest BCUT2D eigenvalue weighted by Gasteiger charge is 2.34. The number of hydrogen-bond acceptors (Lipinski definition) is 4. The average molecular weight is 284 g/mol. The number of para-hydroxylation sites is 4. The maximum Gasteiger partial charge on any atom is 0.292 e. The van der Waals surface area contributed by atoms with E-state index in [9.17, 15) is 10.1 Å². The molecule has 0 fully saturated rings. The number of fused-ring (bicyclic) bond motifs is 1. The monoisotopic (exact) mass is 284 g/mol. The van der Waals surface area contributed by atoms with Crippen LogP contribution in [0.4, 0.5) is 17.1 Å². The highest BCUT2D eigenvalue weighted by molar-refractivity contribution is 5.76. The minimum absolute atomic E-state index is 0.102. The first-order chi connectivity index (χ1) is 9.98. The third kappa shape index (κ3) is 2.42. The van der Waals surface area contributed by atoms with Gasteiger partial charge < -0.3 is 9.64 Å². The highest BCUT2D eigenvalue weighted by Crippen LogP contribution is 2.43. The molecule has 5 nitrogen and oxygen atoms in total. The van der Waals surface area contributed by atoms with E-state index >= 15 is 0 Å². The molecule has 0 radical (unpaired) electrons. The van der Waals surface area contributed by atoms with E-state index in [1.807, 2.05) is 49.1 Å². The Morgan fingerprint density at radius 3 is 2.43 bits per heavy atom. The van der Waals surface area contributed by atoms with Crippen molar-refractivity contribution in [3.63, 3.8) is 0 Å². The van der Waals surface area contributed by atoms with Crippen molar-refractivity contribution >= 4 is 17.1 Å². The van der Waals surface area contributed by atoms with E-state index < -0.39 is 5.60 Å². The second-order valence-electron chi connectivity index (χ2n) is 5.66. The molecule has 0 saturated heterocycles. The summed E-state index contributed by atoms with van der Waals surface area (Å²) < 4.78 is 5.96. The Labute approximate surface area is 122 Å². The normalized spacial score (nSPS) is 16.0. The number of nitro benzene ring substituents is 1. The molecule has 5 heteroatoms. The van der Waals surface area contributed by atoms with Crippen LogP contribution in [0.25, 0.3) is 0 Å². The van der Waals surface area contributed by atoms with Gasteiger partial charge in [-0.1, -0.05) is 24.3 Å². The molecule has 108 valence electrons. The Kier molecular flexibility index (Phi) is 3.05. The first-order valence-electron chi connectivity index (χ1n) is 6.77. The van der Waals surface area contributed by atoms with Crippen molar-refractivity contribution in [2.75, 3.05) is 11.4 Å². The molecule has 0 aromatic heterocycles. The van der Waals surface area contributed by atoms with Crippen molar-refractivity contribution in [3.8, 4) is 5.75 Å². The van der Waals surface area contributed by atoms with Crippen LogP contribution in [0.1, 0.15) is 13.8 Å². The molecule has 0 saturated carbocycles. The number of benzene rings is 2. The largest absolute Gasteiger partial charge is 0.484 e. The number of anilines is 2. The van der Waals surface area contributed by atoms with Crippen molar-refractivity contribution in [2.45, 2.75) is 19.4 Å². The predicted molar refractivity (Wildman–Crippen MR) is 81.3 cm³/mol. The van der Waals surface area contributed by atoms with Gasteiger partial charge in [0, 0.05) is 6.07 Å². The maximum atomic E-state index is 11.3. The molecule has 0 N–H and O–H groups in total. The molecule has 2 aromatic rings. The van der Waals surface area contributed by atoms with Gasteiger partial charge in [0.2, 0.25) is 0 Å². The van der Waals surface area contributed by atoms with E-state index in [0.717, 1.165) is 11.4 Å². The summed E-state index contributed by atoms with van der Waals surface area (Å²) in [6.45, 7) is 4.50. The van der Waals surface area contributed by atoms with Crippen LogP contribution in [-0.4, -0.2) is 17.1 Å². The summed E-state index contributed by atoms with van der Waals surface area (Å²) in [5.74, 6) is 0.743. The molecular formula is C16H16N2O3. The van der Waals surface area contributed by atoms with Crippen LogP contribution in [0.2, 0.25) is 0 Å². The van der Waals surface area contributed by atoms with Crippen LogP contribution in [0.3, 0.4) is 0 Å². The first kappa shape index (κ1) is 13.4. The van der Waals surface area contributed by atoms with E-state index in [-0.39, 0.29) is 10.6 Å². The van der Waals surface area contributed by atoms with Gasteiger partial charge in [-0.15, -0.1) is 0 Å². The molecule has 1 heterocycles. The fourth-order valence-corrected chi connectivity index (χ4v) is 2.62. The Morgan fingerprint density at radius 2 is 1.71 bits per heavy atom. The zero-order valence-electron chi connectivity index (χ0n) is 11.9. The summed E-state index contributed by atoms with van der Waals surface area (Å²) in [6.07, 6.45) is 0. The van der Waals surface area contributed by atoms with E-state index in [0.29, 0.717) is 12.2 Å². The van der Waals surface area contributed by atoms with Crippen LogP contribution >= 0.6 is 0 Å². The smallest absolute Gasteiger partial charge is 0.292 e. The van der Waals surface area contributed by atoms with Crippen molar-refractivity contribution in [1.29, 1.82) is 0 Å². The van der Waals surface area contributed by atoms with Crippen LogP contribution in [0.15, 0.2) is 48.5 Å². The summed E-state index contributed by atoms with van der Waals surface area (Å²) in [4.78, 5) is 12.9. The van der Waals surface area contributed by atoms with Crippen molar-refractivity contribution in [3.05, 3.63) is 58.6 Å². The number of nitrogens with zero attached hydrogens (tertiary/aromatic N) is 2. The quantitative estimate of drug-likeness (QED) is 0.620. The molecule has 0 bridgehead atoms. The molecule has 1 aliphatic heterocycles. The predicted octanol–water partition coefficient (Wildman–Crippen LogP) is 3.90. The third-order valence-electron chi connectivity index (χ3n) is 3.45. The zero-order chi connectivity index (χ0) is 15.0. The maximum absolute atomic E-state index is 11.3. The lowest BCUT2D eigenvalue weighted by Crippen LogP contribution is -2.45.